The summed E-state index contributed by atoms with van der Waals surface area (Å²) in [4.78, 5) is 0. The van der Waals surface area contributed by atoms with Gasteiger partial charge in [-0.15, -0.1) is 23.2 Å². The highest BCUT2D eigenvalue weighted by atomic mass is 35.5. The number of halogens is 2. The summed E-state index contributed by atoms with van der Waals surface area (Å²) >= 11 is 12.5. The predicted molar refractivity (Wildman–Crippen MR) is 68.9 cm³/mol. The molecule has 0 spiro atoms. The normalized spacial score (nSPS) is 15.0. The summed E-state index contributed by atoms with van der Waals surface area (Å²) < 4.78 is 0. The molecule has 0 radical (unpaired) electrons. The lowest BCUT2D eigenvalue weighted by Gasteiger charge is -2.13. The second-order valence-electron chi connectivity index (χ2n) is 3.93. The van der Waals surface area contributed by atoms with Gasteiger partial charge in [-0.2, -0.15) is 0 Å². The van der Waals surface area contributed by atoms with Crippen LogP contribution in [0.2, 0.25) is 0 Å². The lowest BCUT2D eigenvalue weighted by atomic mass is 10.00. The van der Waals surface area contributed by atoms with E-state index >= 15 is 0 Å². The van der Waals surface area contributed by atoms with E-state index in [-0.39, 0.29) is 10.8 Å². The van der Waals surface area contributed by atoms with E-state index in [1.54, 1.807) is 0 Å². The number of aryl methyl sites for hydroxylation is 1. The Balaban J connectivity index is 3.04. The molecule has 2 heteroatoms. The van der Waals surface area contributed by atoms with E-state index in [9.17, 15) is 0 Å². The average Bonchev–Trinajstić information content (AvgIpc) is 2.26. The van der Waals surface area contributed by atoms with Crippen molar-refractivity contribution < 1.29 is 0 Å². The zero-order valence-corrected chi connectivity index (χ0v) is 11.1. The van der Waals surface area contributed by atoms with Gasteiger partial charge in [-0.3, -0.25) is 0 Å². The predicted octanol–water partition coefficient (Wildman–Crippen LogP) is 5.37. The summed E-state index contributed by atoms with van der Waals surface area (Å²) in [7, 11) is 0. The lowest BCUT2D eigenvalue weighted by Crippen LogP contribution is -1.95. The number of hydrogen-bond donors (Lipinski definition) is 0. The van der Waals surface area contributed by atoms with Crippen molar-refractivity contribution in [2.24, 2.45) is 0 Å². The minimum Gasteiger partial charge on any atom is -0.118 e. The first-order valence-corrected chi connectivity index (χ1v) is 6.35. The SMILES string of the molecule is CCC(Cl)c1cc(C)cc(C(Cl)CC)c1. The first-order chi connectivity index (χ1) is 7.08. The summed E-state index contributed by atoms with van der Waals surface area (Å²) in [6.07, 6.45) is 1.90. The zero-order chi connectivity index (χ0) is 11.4. The van der Waals surface area contributed by atoms with E-state index in [0.717, 1.165) is 12.8 Å². The molecule has 0 saturated carbocycles. The van der Waals surface area contributed by atoms with Crippen LogP contribution in [-0.4, -0.2) is 0 Å². The molecule has 15 heavy (non-hydrogen) atoms. The Morgan fingerprint density at radius 2 is 1.33 bits per heavy atom. The van der Waals surface area contributed by atoms with Crippen molar-refractivity contribution in [1.29, 1.82) is 0 Å². The van der Waals surface area contributed by atoms with Crippen molar-refractivity contribution in [1.82, 2.24) is 0 Å². The maximum atomic E-state index is 6.24. The number of rotatable bonds is 4. The Bertz CT molecular complexity index is 292. The molecule has 0 fully saturated rings. The van der Waals surface area contributed by atoms with Gasteiger partial charge in [0.15, 0.2) is 0 Å². The van der Waals surface area contributed by atoms with Crippen molar-refractivity contribution in [3.8, 4) is 0 Å². The van der Waals surface area contributed by atoms with Gasteiger partial charge in [0.05, 0.1) is 10.8 Å². The fourth-order valence-corrected chi connectivity index (χ4v) is 1.93. The molecular weight excluding hydrogens is 227 g/mol. The van der Waals surface area contributed by atoms with Crippen LogP contribution in [0.15, 0.2) is 18.2 Å². The van der Waals surface area contributed by atoms with Crippen molar-refractivity contribution in [2.75, 3.05) is 0 Å². The third kappa shape index (κ3) is 3.39. The molecular formula is C13H18Cl2. The molecule has 0 heterocycles. The van der Waals surface area contributed by atoms with E-state index in [4.69, 9.17) is 23.2 Å². The second kappa shape index (κ2) is 5.77. The monoisotopic (exact) mass is 244 g/mol. The molecule has 1 rings (SSSR count). The van der Waals surface area contributed by atoms with Crippen LogP contribution in [0.5, 0.6) is 0 Å². The molecule has 0 aromatic heterocycles. The van der Waals surface area contributed by atoms with Crippen LogP contribution in [0.4, 0.5) is 0 Å². The van der Waals surface area contributed by atoms with Gasteiger partial charge in [0.1, 0.15) is 0 Å². The maximum absolute atomic E-state index is 6.24. The highest BCUT2D eigenvalue weighted by molar-refractivity contribution is 6.21. The standard InChI is InChI=1S/C13H18Cl2/c1-4-12(14)10-6-9(3)7-11(8-10)13(15)5-2/h6-8,12-13H,4-5H2,1-3H3. The Kier molecular flexibility index (Phi) is 4.95. The van der Waals surface area contributed by atoms with Crippen LogP contribution in [-0.2, 0) is 0 Å². The zero-order valence-electron chi connectivity index (χ0n) is 9.56. The van der Waals surface area contributed by atoms with Gasteiger partial charge < -0.3 is 0 Å². The molecule has 0 saturated heterocycles. The first kappa shape index (κ1) is 12.9. The van der Waals surface area contributed by atoms with Crippen LogP contribution in [0.3, 0.4) is 0 Å². The van der Waals surface area contributed by atoms with Gasteiger partial charge in [-0.1, -0.05) is 37.6 Å². The van der Waals surface area contributed by atoms with Gasteiger partial charge in [0.2, 0.25) is 0 Å². The van der Waals surface area contributed by atoms with Crippen molar-refractivity contribution in [2.45, 2.75) is 44.4 Å². The van der Waals surface area contributed by atoms with E-state index in [1.807, 2.05) is 0 Å². The third-order valence-electron chi connectivity index (χ3n) is 2.56. The molecule has 84 valence electrons. The molecule has 0 nitrogen and oxygen atoms in total. The van der Waals surface area contributed by atoms with E-state index in [2.05, 4.69) is 39.0 Å². The highest BCUT2D eigenvalue weighted by Crippen LogP contribution is 2.30. The average molecular weight is 245 g/mol. The van der Waals surface area contributed by atoms with E-state index in [0.29, 0.717) is 0 Å². The number of hydrogen-bond acceptors (Lipinski definition) is 0. The molecule has 0 N–H and O–H groups in total. The molecule has 1 aromatic carbocycles. The summed E-state index contributed by atoms with van der Waals surface area (Å²) in [5.74, 6) is 0. The number of alkyl halides is 2. The van der Waals surface area contributed by atoms with Crippen LogP contribution >= 0.6 is 23.2 Å². The summed E-state index contributed by atoms with van der Waals surface area (Å²) in [5, 5.41) is 0.203. The molecule has 2 unspecified atom stereocenters. The molecule has 2 atom stereocenters. The van der Waals surface area contributed by atoms with Gasteiger partial charge in [-0.25, -0.2) is 0 Å². The Labute approximate surface area is 103 Å². The minimum absolute atomic E-state index is 0.101. The Morgan fingerprint density at radius 3 is 1.67 bits per heavy atom. The summed E-state index contributed by atoms with van der Waals surface area (Å²) in [6.45, 7) is 6.28. The molecule has 0 aliphatic carbocycles. The molecule has 0 aliphatic heterocycles. The van der Waals surface area contributed by atoms with E-state index < -0.39 is 0 Å². The van der Waals surface area contributed by atoms with Gasteiger partial charge in [0.25, 0.3) is 0 Å². The molecule has 0 aliphatic rings. The first-order valence-electron chi connectivity index (χ1n) is 5.48. The minimum atomic E-state index is 0.101. The second-order valence-corrected chi connectivity index (χ2v) is 4.98. The van der Waals surface area contributed by atoms with E-state index in [1.165, 1.54) is 16.7 Å². The van der Waals surface area contributed by atoms with Crippen LogP contribution in [0, 0.1) is 6.92 Å². The van der Waals surface area contributed by atoms with Crippen LogP contribution in [0.1, 0.15) is 54.1 Å². The topological polar surface area (TPSA) is 0 Å². The van der Waals surface area contributed by atoms with Crippen LogP contribution in [0.25, 0.3) is 0 Å². The fraction of sp³-hybridized carbons (Fsp3) is 0.538. The maximum Gasteiger partial charge on any atom is 0.0582 e. The Morgan fingerprint density at radius 1 is 0.933 bits per heavy atom. The van der Waals surface area contributed by atoms with Gasteiger partial charge >= 0.3 is 0 Å². The van der Waals surface area contributed by atoms with Crippen LogP contribution < -0.4 is 0 Å². The summed E-state index contributed by atoms with van der Waals surface area (Å²) in [5.41, 5.74) is 3.61. The largest absolute Gasteiger partial charge is 0.118 e. The van der Waals surface area contributed by atoms with Crippen molar-refractivity contribution in [3.05, 3.63) is 34.9 Å². The quantitative estimate of drug-likeness (QED) is 0.625. The summed E-state index contributed by atoms with van der Waals surface area (Å²) in [6, 6.07) is 6.42. The lowest BCUT2D eigenvalue weighted by molar-refractivity contribution is 0.855. The highest BCUT2D eigenvalue weighted by Gasteiger charge is 2.11. The van der Waals surface area contributed by atoms with Gasteiger partial charge in [-0.05, 0) is 30.9 Å². The third-order valence-corrected chi connectivity index (χ3v) is 3.68. The van der Waals surface area contributed by atoms with Crippen molar-refractivity contribution in [3.63, 3.8) is 0 Å². The molecule has 0 amide bonds. The molecule has 0 bridgehead atoms. The fourth-order valence-electron chi connectivity index (χ4n) is 1.68. The van der Waals surface area contributed by atoms with Crippen molar-refractivity contribution >= 4 is 23.2 Å². The molecule has 1 aromatic rings. The smallest absolute Gasteiger partial charge is 0.0582 e. The Hall–Kier alpha value is -0.200. The van der Waals surface area contributed by atoms with Gasteiger partial charge in [0, 0.05) is 0 Å². The number of benzene rings is 1.